The van der Waals surface area contributed by atoms with E-state index in [0.717, 1.165) is 12.8 Å². The van der Waals surface area contributed by atoms with Gasteiger partial charge in [-0.1, -0.05) is 80.3 Å². The Morgan fingerprint density at radius 3 is 2.06 bits per heavy atom. The number of ether oxygens (including phenoxy) is 2. The Morgan fingerprint density at radius 2 is 1.34 bits per heavy atom. The number of rotatable bonds is 18. The number of unbranched alkanes of at least 4 members (excludes halogenated alkanes) is 5. The topological polar surface area (TPSA) is 52.6 Å². The Morgan fingerprint density at radius 1 is 0.743 bits per heavy atom. The van der Waals surface area contributed by atoms with Crippen LogP contribution in [-0.2, 0) is 31.9 Å². The molecule has 0 aliphatic carbocycles. The average molecular weight is 499 g/mol. The first-order chi connectivity index (χ1) is 17.1. The van der Waals surface area contributed by atoms with Crippen LogP contribution in [0.4, 0.5) is 0 Å². The third-order valence-electron chi connectivity index (χ3n) is 5.99. The lowest BCUT2D eigenvalue weighted by Gasteiger charge is -2.20. The Bertz CT molecular complexity index is 852. The summed E-state index contributed by atoms with van der Waals surface area (Å²) in [6.07, 6.45) is 10.3. The van der Waals surface area contributed by atoms with Gasteiger partial charge in [0, 0.05) is 11.0 Å². The molecule has 0 saturated carbocycles. The second-order valence-electron chi connectivity index (χ2n) is 8.73. The molecule has 35 heavy (non-hydrogen) atoms. The molecule has 1 atom stereocenters. The molecule has 0 spiro atoms. The van der Waals surface area contributed by atoms with Crippen molar-refractivity contribution >= 4 is 23.7 Å². The zero-order chi connectivity index (χ0) is 25.1. The van der Waals surface area contributed by atoms with Crippen LogP contribution in [0, 0.1) is 0 Å². The molecule has 0 unspecified atom stereocenters. The predicted octanol–water partition coefficient (Wildman–Crippen LogP) is 7.49. The van der Waals surface area contributed by atoms with Crippen LogP contribution in [0.15, 0.2) is 54.6 Å². The van der Waals surface area contributed by atoms with E-state index in [9.17, 15) is 9.59 Å². The molecular weight excluding hydrogens is 456 g/mol. The average Bonchev–Trinajstić information content (AvgIpc) is 2.86. The van der Waals surface area contributed by atoms with Gasteiger partial charge in [-0.25, -0.2) is 0 Å². The summed E-state index contributed by atoms with van der Waals surface area (Å²) in [7, 11) is 0. The van der Waals surface area contributed by atoms with E-state index in [1.807, 2.05) is 19.9 Å². The Kier molecular flexibility index (Phi) is 14.9. The Balaban J connectivity index is 1.81. The lowest BCUT2D eigenvalue weighted by Crippen LogP contribution is -2.12. The fourth-order valence-electron chi connectivity index (χ4n) is 4.22. The fraction of sp³-hybridized carbons (Fsp3) is 0.533. The van der Waals surface area contributed by atoms with Crippen molar-refractivity contribution in [3.05, 3.63) is 71.3 Å². The summed E-state index contributed by atoms with van der Waals surface area (Å²) in [6.45, 7) is 4.42. The monoisotopic (exact) mass is 498 g/mol. The normalized spacial score (nSPS) is 11.7. The molecule has 2 aromatic rings. The van der Waals surface area contributed by atoms with E-state index in [0.29, 0.717) is 31.8 Å². The van der Waals surface area contributed by atoms with Gasteiger partial charge < -0.3 is 9.47 Å². The number of aryl methyl sites for hydroxylation is 2. The molecule has 0 amide bonds. The molecule has 0 aliphatic rings. The molecule has 192 valence electrons. The molecule has 0 aliphatic heterocycles. The van der Waals surface area contributed by atoms with E-state index in [1.54, 1.807) is 11.8 Å². The molecule has 2 rings (SSSR count). The Hall–Kier alpha value is -2.27. The van der Waals surface area contributed by atoms with E-state index in [-0.39, 0.29) is 17.2 Å². The molecule has 0 aromatic heterocycles. The molecule has 0 bridgehead atoms. The number of benzene rings is 2. The molecule has 0 saturated heterocycles. The minimum atomic E-state index is -0.188. The van der Waals surface area contributed by atoms with Crippen LogP contribution in [0.5, 0.6) is 0 Å². The van der Waals surface area contributed by atoms with Crippen molar-refractivity contribution in [3.63, 3.8) is 0 Å². The van der Waals surface area contributed by atoms with Gasteiger partial charge in [0.2, 0.25) is 0 Å². The van der Waals surface area contributed by atoms with Crippen molar-refractivity contribution in [3.8, 4) is 0 Å². The molecule has 2 aromatic carbocycles. The molecule has 0 N–H and O–H groups in total. The molecule has 0 fully saturated rings. The number of carbonyl (C=O) groups excluding carboxylic acids is 2. The van der Waals surface area contributed by atoms with Gasteiger partial charge in [-0.3, -0.25) is 9.59 Å². The maximum Gasteiger partial charge on any atom is 0.307 e. The predicted molar refractivity (Wildman–Crippen MR) is 146 cm³/mol. The molecule has 4 nitrogen and oxygen atoms in total. The number of hydrogen-bond donors (Lipinski definition) is 0. The lowest BCUT2D eigenvalue weighted by atomic mass is 9.97. The van der Waals surface area contributed by atoms with Crippen molar-refractivity contribution in [1.29, 1.82) is 0 Å². The van der Waals surface area contributed by atoms with Gasteiger partial charge in [0.1, 0.15) is 0 Å². The lowest BCUT2D eigenvalue weighted by molar-refractivity contribution is -0.143. The standard InChI is InChI=1S/C30H42O4S/c1-3-33-29(31)22-23-35-28(24-30(32)34-4-2)27-21-15-14-20-26(27)19-13-8-6-5-7-10-16-25-17-11-9-12-18-25/h9,11-12,14-15,17-18,20-21,28H,3-8,10,13,16,19,22-24H2,1-2H3/t28-/m0/s1. The van der Waals surface area contributed by atoms with Crippen LogP contribution >= 0.6 is 11.8 Å². The highest BCUT2D eigenvalue weighted by molar-refractivity contribution is 7.99. The third-order valence-corrected chi connectivity index (χ3v) is 7.26. The summed E-state index contributed by atoms with van der Waals surface area (Å²) < 4.78 is 10.3. The zero-order valence-electron chi connectivity index (χ0n) is 21.5. The fourth-order valence-corrected chi connectivity index (χ4v) is 5.45. The van der Waals surface area contributed by atoms with Crippen molar-refractivity contribution in [1.82, 2.24) is 0 Å². The van der Waals surface area contributed by atoms with Gasteiger partial charge in [-0.15, -0.1) is 0 Å². The summed E-state index contributed by atoms with van der Waals surface area (Å²) in [5.74, 6) is 0.249. The van der Waals surface area contributed by atoms with E-state index in [2.05, 4.69) is 48.5 Å². The largest absolute Gasteiger partial charge is 0.466 e. The molecule has 5 heteroatoms. The van der Waals surface area contributed by atoms with Crippen LogP contribution < -0.4 is 0 Å². The maximum atomic E-state index is 12.3. The van der Waals surface area contributed by atoms with Crippen LogP contribution in [0.3, 0.4) is 0 Å². The minimum Gasteiger partial charge on any atom is -0.466 e. The number of esters is 2. The van der Waals surface area contributed by atoms with Crippen LogP contribution in [0.25, 0.3) is 0 Å². The smallest absolute Gasteiger partial charge is 0.307 e. The van der Waals surface area contributed by atoms with Crippen LogP contribution in [-0.4, -0.2) is 30.9 Å². The van der Waals surface area contributed by atoms with Crippen molar-refractivity contribution in [2.45, 2.75) is 83.3 Å². The second kappa shape index (κ2) is 18.1. The van der Waals surface area contributed by atoms with E-state index >= 15 is 0 Å². The molecular formula is C30H42O4S. The number of hydrogen-bond acceptors (Lipinski definition) is 5. The van der Waals surface area contributed by atoms with Gasteiger partial charge in [0.25, 0.3) is 0 Å². The van der Waals surface area contributed by atoms with Crippen LogP contribution in [0.1, 0.15) is 87.2 Å². The second-order valence-corrected chi connectivity index (χ2v) is 10.0. The van der Waals surface area contributed by atoms with Gasteiger partial charge >= 0.3 is 11.9 Å². The Labute approximate surface area is 216 Å². The quantitative estimate of drug-likeness (QED) is 0.157. The van der Waals surface area contributed by atoms with E-state index in [1.165, 1.54) is 55.2 Å². The SMILES string of the molecule is CCOC(=O)CCS[C@@H](CC(=O)OCC)c1ccccc1CCCCCCCCc1ccccc1. The molecule has 0 heterocycles. The van der Waals surface area contributed by atoms with Gasteiger partial charge in [0.15, 0.2) is 0 Å². The summed E-state index contributed by atoms with van der Waals surface area (Å²) >= 11 is 1.65. The van der Waals surface area contributed by atoms with Crippen LogP contribution in [0.2, 0.25) is 0 Å². The minimum absolute atomic E-state index is 0.0161. The maximum absolute atomic E-state index is 12.3. The van der Waals surface area contributed by atoms with Crippen molar-refractivity contribution < 1.29 is 19.1 Å². The highest BCUT2D eigenvalue weighted by Gasteiger charge is 2.20. The first kappa shape index (κ1) is 29.0. The molecule has 0 radical (unpaired) electrons. The summed E-state index contributed by atoms with van der Waals surface area (Å²) in [5.41, 5.74) is 3.92. The summed E-state index contributed by atoms with van der Waals surface area (Å²) in [6, 6.07) is 19.1. The number of thioether (sulfide) groups is 1. The first-order valence-corrected chi connectivity index (χ1v) is 14.2. The third kappa shape index (κ3) is 12.3. The zero-order valence-corrected chi connectivity index (χ0v) is 22.3. The van der Waals surface area contributed by atoms with Crippen molar-refractivity contribution in [2.75, 3.05) is 19.0 Å². The van der Waals surface area contributed by atoms with Gasteiger partial charge in [-0.2, -0.15) is 11.8 Å². The van der Waals surface area contributed by atoms with E-state index < -0.39 is 0 Å². The highest BCUT2D eigenvalue weighted by atomic mass is 32.2. The van der Waals surface area contributed by atoms with Gasteiger partial charge in [0.05, 0.1) is 26.1 Å². The number of carbonyl (C=O) groups is 2. The highest BCUT2D eigenvalue weighted by Crippen LogP contribution is 2.35. The van der Waals surface area contributed by atoms with Crippen molar-refractivity contribution in [2.24, 2.45) is 0 Å². The summed E-state index contributed by atoms with van der Waals surface area (Å²) in [4.78, 5) is 24.1. The van der Waals surface area contributed by atoms with E-state index in [4.69, 9.17) is 9.47 Å². The van der Waals surface area contributed by atoms with Gasteiger partial charge in [-0.05, 0) is 56.2 Å². The summed E-state index contributed by atoms with van der Waals surface area (Å²) in [5, 5.41) is -0.0161. The first-order valence-electron chi connectivity index (χ1n) is 13.2.